The molecule has 0 fully saturated rings. The standard InChI is InChI=1S/C30H33N7O9/c1-5-44-27(41)24-16(11-38)14(6-8-36-9-7-32-29(36)37-13-33-20-25(37)34-28(31)35-26(20)40)19-22(43-4)15-10-18(30(2,3)42)45-21(15)17(12-39)23(19)46-24/h6-7,9,11,18,29,32,39,42H,5,8,10,12-13H2,1-4H3,(H2,31,35,40)/p+2/b14-6+/t18-,29?/m0/s1. The van der Waals surface area contributed by atoms with Gasteiger partial charge >= 0.3 is 12.3 Å². The molecular formula is C30H35N7O9+2. The van der Waals surface area contributed by atoms with Crippen molar-refractivity contribution in [2.45, 2.75) is 51.8 Å². The molecule has 0 aliphatic carbocycles. The van der Waals surface area contributed by atoms with Gasteiger partial charge in [0.15, 0.2) is 13.0 Å². The molecule has 16 nitrogen and oxygen atoms in total. The van der Waals surface area contributed by atoms with Gasteiger partial charge in [-0.05, 0) is 26.8 Å². The van der Waals surface area contributed by atoms with Crippen LogP contribution in [0.1, 0.15) is 37.5 Å². The number of quaternary nitrogens is 2. The molecule has 7 N–H and O–H groups in total. The molecule has 0 saturated carbocycles. The highest BCUT2D eigenvalue weighted by Crippen LogP contribution is 2.54. The molecule has 0 aromatic heterocycles. The molecule has 6 rings (SSSR count). The van der Waals surface area contributed by atoms with Crippen LogP contribution >= 0.6 is 0 Å². The Balaban J connectivity index is 1.45. The molecule has 5 aliphatic rings. The van der Waals surface area contributed by atoms with Crippen LogP contribution in [0.5, 0.6) is 17.2 Å². The van der Waals surface area contributed by atoms with E-state index < -0.39 is 36.5 Å². The van der Waals surface area contributed by atoms with Gasteiger partial charge < -0.3 is 29.2 Å². The fourth-order valence-electron chi connectivity index (χ4n) is 6.19. The highest BCUT2D eigenvalue weighted by atomic mass is 16.6. The number of amidine groups is 1. The predicted molar refractivity (Wildman–Crippen MR) is 160 cm³/mol. The lowest BCUT2D eigenvalue weighted by molar-refractivity contribution is -1.05. The lowest BCUT2D eigenvalue weighted by atomic mass is 9.87. The Morgan fingerprint density at radius 2 is 2.11 bits per heavy atom. The largest absolute Gasteiger partial charge is 0.496 e. The Labute approximate surface area is 263 Å². The molecular weight excluding hydrogens is 602 g/mol. The SMILES string of the molecule is CCOC(=O)C1=C(C=O)/C(=C\C[NH+]2C=CNC2[NH+]2CN=C3C(=O)NC(=N)N=C32)c2c(OC)c3c(c(CO)c2O1)O[C@H](C(C)(C)O)C3. The van der Waals surface area contributed by atoms with E-state index in [-0.39, 0.29) is 66.3 Å². The molecule has 0 bridgehead atoms. The number of carbonyl (C=O) groups is 3. The molecule has 242 valence electrons. The zero-order valence-corrected chi connectivity index (χ0v) is 25.6. The molecule has 3 unspecified atom stereocenters. The molecule has 1 aromatic carbocycles. The second-order valence-corrected chi connectivity index (χ2v) is 11.6. The smallest absolute Gasteiger partial charge is 0.375 e. The van der Waals surface area contributed by atoms with Crippen molar-refractivity contribution in [2.24, 2.45) is 9.98 Å². The second-order valence-electron chi connectivity index (χ2n) is 11.6. The van der Waals surface area contributed by atoms with Crippen LogP contribution in [0.4, 0.5) is 0 Å². The monoisotopic (exact) mass is 637 g/mol. The minimum atomic E-state index is -1.24. The molecule has 0 saturated heterocycles. The number of esters is 1. The van der Waals surface area contributed by atoms with Gasteiger partial charge in [0.2, 0.25) is 17.4 Å². The molecule has 1 aromatic rings. The maximum absolute atomic E-state index is 13.1. The number of aliphatic hydroxyl groups excluding tert-OH is 1. The topological polar surface area (TPSA) is 210 Å². The summed E-state index contributed by atoms with van der Waals surface area (Å²) in [5.74, 6) is -0.967. The number of nitrogens with zero attached hydrogens (tertiary/aromatic N) is 2. The number of guanidine groups is 1. The number of aliphatic imine (C=N–C) groups is 2. The lowest BCUT2D eigenvalue weighted by Crippen LogP contribution is -3.36. The van der Waals surface area contributed by atoms with Crippen LogP contribution in [-0.4, -0.2) is 90.8 Å². The second kappa shape index (κ2) is 11.8. The van der Waals surface area contributed by atoms with E-state index in [0.29, 0.717) is 39.5 Å². The van der Waals surface area contributed by atoms with Crippen molar-refractivity contribution in [3.05, 3.63) is 46.5 Å². The van der Waals surface area contributed by atoms with Crippen LogP contribution in [0.3, 0.4) is 0 Å². The number of hydrogen-bond acceptors (Lipinski definition) is 12. The molecule has 5 heterocycles. The number of amides is 1. The predicted octanol–water partition coefficient (Wildman–Crippen LogP) is -2.94. The van der Waals surface area contributed by atoms with Crippen LogP contribution in [0.25, 0.3) is 5.57 Å². The quantitative estimate of drug-likeness (QED) is 0.108. The first-order valence-electron chi connectivity index (χ1n) is 14.7. The van der Waals surface area contributed by atoms with Gasteiger partial charge in [-0.3, -0.25) is 25.6 Å². The minimum Gasteiger partial charge on any atom is -0.496 e. The van der Waals surface area contributed by atoms with E-state index in [9.17, 15) is 24.6 Å². The Bertz CT molecular complexity index is 1700. The average Bonchev–Trinajstić information content (AvgIpc) is 3.76. The summed E-state index contributed by atoms with van der Waals surface area (Å²) in [6, 6.07) is 0. The lowest BCUT2D eigenvalue weighted by Gasteiger charge is -2.28. The molecule has 4 atom stereocenters. The normalized spacial score (nSPS) is 25.5. The Morgan fingerprint density at radius 3 is 2.78 bits per heavy atom. The number of nitrogens with one attached hydrogen (secondary N) is 5. The number of hydrogen-bond donors (Lipinski definition) is 7. The van der Waals surface area contributed by atoms with Gasteiger partial charge in [-0.25, -0.2) is 14.7 Å². The third kappa shape index (κ3) is 5.04. The fourth-order valence-corrected chi connectivity index (χ4v) is 6.19. The first kappa shape index (κ1) is 31.1. The van der Waals surface area contributed by atoms with E-state index in [1.807, 2.05) is 6.20 Å². The van der Waals surface area contributed by atoms with Crippen LogP contribution in [0.2, 0.25) is 0 Å². The van der Waals surface area contributed by atoms with Gasteiger partial charge in [0.25, 0.3) is 11.7 Å². The number of ether oxygens (including phenoxy) is 4. The van der Waals surface area contributed by atoms with Gasteiger partial charge in [-0.15, -0.1) is 0 Å². The summed E-state index contributed by atoms with van der Waals surface area (Å²) in [7, 11) is 1.45. The summed E-state index contributed by atoms with van der Waals surface area (Å²) in [6.07, 6.45) is 5.06. The summed E-state index contributed by atoms with van der Waals surface area (Å²) in [5.41, 5.74) is 0.319. The van der Waals surface area contributed by atoms with Crippen molar-refractivity contribution < 1.29 is 53.3 Å². The van der Waals surface area contributed by atoms with Gasteiger partial charge in [-0.1, -0.05) is 0 Å². The van der Waals surface area contributed by atoms with Gasteiger partial charge in [0.05, 0.1) is 48.8 Å². The summed E-state index contributed by atoms with van der Waals surface area (Å²) in [4.78, 5) is 48.3. The Hall–Kier alpha value is -4.90. The third-order valence-electron chi connectivity index (χ3n) is 8.37. The minimum absolute atomic E-state index is 0.0264. The van der Waals surface area contributed by atoms with Crippen LogP contribution in [0.15, 0.2) is 39.8 Å². The van der Waals surface area contributed by atoms with Crippen LogP contribution < -0.4 is 34.6 Å². The van der Waals surface area contributed by atoms with Crippen LogP contribution in [0, 0.1) is 5.41 Å². The first-order valence-corrected chi connectivity index (χ1v) is 14.7. The summed E-state index contributed by atoms with van der Waals surface area (Å²) in [5, 5.41) is 34.8. The van der Waals surface area contributed by atoms with E-state index >= 15 is 0 Å². The number of rotatable bonds is 9. The molecule has 0 spiro atoms. The van der Waals surface area contributed by atoms with Gasteiger partial charge in [0, 0.05) is 17.6 Å². The van der Waals surface area contributed by atoms with E-state index in [0.717, 1.165) is 4.90 Å². The molecule has 1 amide bonds. The maximum Gasteiger partial charge on any atom is 0.375 e. The number of aliphatic hydroxyl groups is 2. The average molecular weight is 638 g/mol. The Morgan fingerprint density at radius 1 is 1.33 bits per heavy atom. The van der Waals surface area contributed by atoms with E-state index in [1.165, 1.54) is 7.11 Å². The summed E-state index contributed by atoms with van der Waals surface area (Å²) >= 11 is 0. The highest BCUT2D eigenvalue weighted by molar-refractivity contribution is 6.68. The zero-order valence-electron chi connectivity index (χ0n) is 25.6. The number of allylic oxidation sites excluding steroid dienone is 2. The number of benzene rings is 1. The molecule has 46 heavy (non-hydrogen) atoms. The molecule has 5 aliphatic heterocycles. The zero-order chi connectivity index (χ0) is 32.9. The highest BCUT2D eigenvalue weighted by Gasteiger charge is 2.47. The van der Waals surface area contributed by atoms with E-state index in [2.05, 4.69) is 20.6 Å². The summed E-state index contributed by atoms with van der Waals surface area (Å²) < 4.78 is 23.3. The van der Waals surface area contributed by atoms with Crippen molar-refractivity contribution >= 4 is 41.2 Å². The van der Waals surface area contributed by atoms with Crippen molar-refractivity contribution in [1.29, 1.82) is 5.41 Å². The number of aldehydes is 1. The van der Waals surface area contributed by atoms with E-state index in [4.69, 9.17) is 24.4 Å². The number of fused-ring (bicyclic) bond motifs is 3. The van der Waals surface area contributed by atoms with Crippen molar-refractivity contribution in [3.63, 3.8) is 0 Å². The van der Waals surface area contributed by atoms with Gasteiger partial charge in [0.1, 0.15) is 36.1 Å². The molecule has 0 radical (unpaired) electrons. The van der Waals surface area contributed by atoms with Crippen molar-refractivity contribution in [1.82, 2.24) is 10.6 Å². The van der Waals surface area contributed by atoms with Gasteiger partial charge in [-0.2, -0.15) is 9.89 Å². The third-order valence-corrected chi connectivity index (χ3v) is 8.37. The molecule has 16 heteroatoms. The fraction of sp³-hybridized carbons (Fsp3) is 0.400. The summed E-state index contributed by atoms with van der Waals surface area (Å²) in [6.45, 7) is 4.80. The van der Waals surface area contributed by atoms with Crippen molar-refractivity contribution in [3.8, 4) is 17.2 Å². The van der Waals surface area contributed by atoms with Crippen LogP contribution in [-0.2, 0) is 32.1 Å². The first-order chi connectivity index (χ1) is 22.0. The van der Waals surface area contributed by atoms with Crippen molar-refractivity contribution in [2.75, 3.05) is 26.9 Å². The number of methoxy groups -OCH3 is 1. The van der Waals surface area contributed by atoms with E-state index in [1.54, 1.807) is 33.0 Å². The Kier molecular flexibility index (Phi) is 7.97. The number of carbonyl (C=O) groups excluding carboxylic acids is 3. The maximum atomic E-state index is 13.1.